The second kappa shape index (κ2) is 6.87. The summed E-state index contributed by atoms with van der Waals surface area (Å²) in [5.41, 5.74) is 2.40. The third-order valence-corrected chi connectivity index (χ3v) is 4.79. The molecule has 138 valence electrons. The molecule has 0 radical (unpaired) electrons. The normalized spacial score (nSPS) is 15.3. The molecule has 2 heterocycles. The number of aromatic nitrogens is 1. The zero-order chi connectivity index (χ0) is 19.8. The van der Waals surface area contributed by atoms with Crippen molar-refractivity contribution < 1.29 is 14.0 Å². The number of aromatic amines is 1. The summed E-state index contributed by atoms with van der Waals surface area (Å²) in [4.78, 5) is 28.8. The standard InChI is InChI=1S/C21H13ClFN3O2/c1-2-12-3-5-13(6-4-12)11-26-20(27)17(25-21(26)28)9-14-10-24-19-15(14)7-8-16(22)18(19)23/h1,3-10,24H,11H2,(H,25,28)/b17-9-. The molecule has 1 fully saturated rings. The number of rotatable bonds is 3. The molecule has 0 aliphatic carbocycles. The van der Waals surface area contributed by atoms with Crippen LogP contribution in [0, 0.1) is 18.2 Å². The molecular formula is C21H13ClFN3O2. The Bertz CT molecular complexity index is 1190. The molecule has 0 spiro atoms. The van der Waals surface area contributed by atoms with Crippen molar-refractivity contribution >= 4 is 40.5 Å². The van der Waals surface area contributed by atoms with Crippen molar-refractivity contribution in [2.24, 2.45) is 0 Å². The van der Waals surface area contributed by atoms with E-state index < -0.39 is 17.8 Å². The van der Waals surface area contributed by atoms with E-state index in [1.165, 1.54) is 12.1 Å². The number of nitrogens with zero attached hydrogens (tertiary/aromatic N) is 1. The number of fused-ring (bicyclic) bond motifs is 1. The smallest absolute Gasteiger partial charge is 0.329 e. The number of carbonyl (C=O) groups excluding carboxylic acids is 2. The molecule has 0 bridgehead atoms. The fraction of sp³-hybridized carbons (Fsp3) is 0.0476. The van der Waals surface area contributed by atoms with Gasteiger partial charge in [-0.2, -0.15) is 0 Å². The van der Waals surface area contributed by atoms with Crippen molar-refractivity contribution in [3.05, 3.63) is 75.8 Å². The van der Waals surface area contributed by atoms with Gasteiger partial charge in [-0.25, -0.2) is 9.18 Å². The lowest BCUT2D eigenvalue weighted by Crippen LogP contribution is -2.30. The van der Waals surface area contributed by atoms with Crippen LogP contribution in [0.5, 0.6) is 0 Å². The second-order valence-electron chi connectivity index (χ2n) is 6.25. The molecule has 0 atom stereocenters. The van der Waals surface area contributed by atoms with Crippen LogP contribution in [0.25, 0.3) is 17.0 Å². The first kappa shape index (κ1) is 17.8. The number of hydrogen-bond donors (Lipinski definition) is 2. The molecule has 1 aromatic heterocycles. The maximum Gasteiger partial charge on any atom is 0.329 e. The van der Waals surface area contributed by atoms with Crippen molar-refractivity contribution in [1.29, 1.82) is 0 Å². The number of H-pyrrole nitrogens is 1. The van der Waals surface area contributed by atoms with E-state index in [0.29, 0.717) is 16.5 Å². The number of halogens is 2. The Morgan fingerprint density at radius 3 is 2.64 bits per heavy atom. The first-order valence-corrected chi connectivity index (χ1v) is 8.71. The minimum atomic E-state index is -0.567. The van der Waals surface area contributed by atoms with E-state index in [1.807, 2.05) is 0 Å². The molecular weight excluding hydrogens is 381 g/mol. The average Bonchev–Trinajstić information content (AvgIpc) is 3.22. The maximum atomic E-state index is 14.1. The van der Waals surface area contributed by atoms with Crippen LogP contribution in [0.1, 0.15) is 16.7 Å². The van der Waals surface area contributed by atoms with Crippen LogP contribution in [0.2, 0.25) is 5.02 Å². The Morgan fingerprint density at radius 2 is 1.93 bits per heavy atom. The number of hydrogen-bond acceptors (Lipinski definition) is 2. The van der Waals surface area contributed by atoms with Crippen LogP contribution in [0.4, 0.5) is 9.18 Å². The van der Waals surface area contributed by atoms with Crippen LogP contribution in [-0.2, 0) is 11.3 Å². The fourth-order valence-electron chi connectivity index (χ4n) is 3.04. The lowest BCUT2D eigenvalue weighted by atomic mass is 10.1. The quantitative estimate of drug-likeness (QED) is 0.401. The summed E-state index contributed by atoms with van der Waals surface area (Å²) in [7, 11) is 0. The highest BCUT2D eigenvalue weighted by Gasteiger charge is 2.33. The van der Waals surface area contributed by atoms with Crippen molar-refractivity contribution in [2.75, 3.05) is 0 Å². The van der Waals surface area contributed by atoms with Gasteiger partial charge < -0.3 is 10.3 Å². The first-order valence-electron chi connectivity index (χ1n) is 8.33. The number of imide groups is 1. The molecule has 1 saturated heterocycles. The van der Waals surface area contributed by atoms with Gasteiger partial charge in [-0.15, -0.1) is 6.42 Å². The van der Waals surface area contributed by atoms with Gasteiger partial charge >= 0.3 is 6.03 Å². The highest BCUT2D eigenvalue weighted by molar-refractivity contribution is 6.31. The molecule has 7 heteroatoms. The molecule has 2 aromatic carbocycles. The predicted octanol–water partition coefficient (Wildman–Crippen LogP) is 4.03. The molecule has 2 N–H and O–H groups in total. The van der Waals surface area contributed by atoms with Crippen LogP contribution >= 0.6 is 11.6 Å². The minimum absolute atomic E-state index is 0.000767. The zero-order valence-corrected chi connectivity index (χ0v) is 15.2. The molecule has 1 aliphatic rings. The van der Waals surface area contributed by atoms with Gasteiger partial charge in [0.15, 0.2) is 5.82 Å². The molecule has 28 heavy (non-hydrogen) atoms. The Balaban J connectivity index is 1.62. The molecule has 0 unspecified atom stereocenters. The topological polar surface area (TPSA) is 65.2 Å². The van der Waals surface area contributed by atoms with Crippen LogP contribution in [-0.4, -0.2) is 21.8 Å². The van der Waals surface area contributed by atoms with Gasteiger partial charge in [-0.1, -0.05) is 35.7 Å². The number of terminal acetylenes is 1. The summed E-state index contributed by atoms with van der Waals surface area (Å²) >= 11 is 5.79. The van der Waals surface area contributed by atoms with E-state index in [4.69, 9.17) is 18.0 Å². The first-order chi connectivity index (χ1) is 13.5. The van der Waals surface area contributed by atoms with Gasteiger partial charge in [0.05, 0.1) is 17.1 Å². The summed E-state index contributed by atoms with van der Waals surface area (Å²) < 4.78 is 14.1. The molecule has 3 aromatic rings. The fourth-order valence-corrected chi connectivity index (χ4v) is 3.20. The van der Waals surface area contributed by atoms with Crippen molar-refractivity contribution in [2.45, 2.75) is 6.54 Å². The summed E-state index contributed by atoms with van der Waals surface area (Å²) in [6.45, 7) is 0.116. The van der Waals surface area contributed by atoms with Crippen LogP contribution in [0.15, 0.2) is 48.3 Å². The predicted molar refractivity (Wildman–Crippen MR) is 105 cm³/mol. The molecule has 0 saturated carbocycles. The van der Waals surface area contributed by atoms with Crippen LogP contribution < -0.4 is 5.32 Å². The number of nitrogens with one attached hydrogen (secondary N) is 2. The van der Waals surface area contributed by atoms with Crippen molar-refractivity contribution in [3.63, 3.8) is 0 Å². The molecule has 3 amide bonds. The monoisotopic (exact) mass is 393 g/mol. The summed E-state index contributed by atoms with van der Waals surface area (Å²) in [5, 5.41) is 3.11. The molecule has 1 aliphatic heterocycles. The lowest BCUT2D eigenvalue weighted by Gasteiger charge is -2.11. The minimum Gasteiger partial charge on any atom is -0.358 e. The summed E-state index contributed by atoms with van der Waals surface area (Å²) in [6.07, 6.45) is 8.39. The SMILES string of the molecule is C#Cc1ccc(CN2C(=O)N/C(=C\c3c[nH]c4c(F)c(Cl)ccc34)C2=O)cc1. The Morgan fingerprint density at radius 1 is 1.18 bits per heavy atom. The third-order valence-electron chi connectivity index (χ3n) is 4.50. The van der Waals surface area contributed by atoms with Crippen molar-refractivity contribution in [3.8, 4) is 12.3 Å². The van der Waals surface area contributed by atoms with Crippen LogP contribution in [0.3, 0.4) is 0 Å². The van der Waals surface area contributed by atoms with Gasteiger partial charge in [0.2, 0.25) is 0 Å². The Labute approximate surface area is 164 Å². The van der Waals surface area contributed by atoms with Gasteiger partial charge in [-0.05, 0) is 29.8 Å². The van der Waals surface area contributed by atoms with E-state index in [2.05, 4.69) is 16.2 Å². The number of urea groups is 1. The third kappa shape index (κ3) is 3.02. The lowest BCUT2D eigenvalue weighted by molar-refractivity contribution is -0.123. The number of amides is 3. The average molecular weight is 394 g/mol. The van der Waals surface area contributed by atoms with E-state index >= 15 is 0 Å². The largest absolute Gasteiger partial charge is 0.358 e. The van der Waals surface area contributed by atoms with Gasteiger partial charge in [0.1, 0.15) is 5.70 Å². The Hall–Kier alpha value is -3.56. The molecule has 4 rings (SSSR count). The van der Waals surface area contributed by atoms with E-state index in [0.717, 1.165) is 10.5 Å². The van der Waals surface area contributed by atoms with Crippen molar-refractivity contribution in [1.82, 2.24) is 15.2 Å². The highest BCUT2D eigenvalue weighted by Crippen LogP contribution is 2.28. The highest BCUT2D eigenvalue weighted by atomic mass is 35.5. The van der Waals surface area contributed by atoms with Gasteiger partial charge in [-0.3, -0.25) is 9.69 Å². The summed E-state index contributed by atoms with van der Waals surface area (Å²) in [5.74, 6) is 1.48. The maximum absolute atomic E-state index is 14.1. The second-order valence-corrected chi connectivity index (χ2v) is 6.66. The number of carbonyl (C=O) groups is 2. The van der Waals surface area contributed by atoms with Gasteiger partial charge in [0.25, 0.3) is 5.91 Å². The van der Waals surface area contributed by atoms with E-state index in [-0.39, 0.29) is 22.8 Å². The van der Waals surface area contributed by atoms with Gasteiger partial charge in [0, 0.05) is 22.7 Å². The van der Waals surface area contributed by atoms with E-state index in [1.54, 1.807) is 36.5 Å². The summed E-state index contributed by atoms with van der Waals surface area (Å²) in [6, 6.07) is 9.59. The zero-order valence-electron chi connectivity index (χ0n) is 14.4. The number of benzene rings is 2. The molecule has 5 nitrogen and oxygen atoms in total. The Kier molecular flexibility index (Phi) is 4.38. The van der Waals surface area contributed by atoms with E-state index in [9.17, 15) is 14.0 Å².